The molecular weight excluding hydrogens is 324 g/mol. The Morgan fingerprint density at radius 3 is 2.94 bits per heavy atom. The summed E-state index contributed by atoms with van der Waals surface area (Å²) in [5.74, 6) is -0.221. The van der Waals surface area contributed by atoms with Gasteiger partial charge in [-0.05, 0) is 45.9 Å². The number of aromatic nitrogens is 1. The number of carbonyl (C=O) groups is 1. The molecule has 0 radical (unpaired) electrons. The Morgan fingerprint density at radius 1 is 1.59 bits per heavy atom. The maximum Gasteiger partial charge on any atom is 0.267 e. The molecule has 2 rings (SSSR count). The number of halogens is 2. The maximum atomic E-state index is 12.0. The fraction of sp³-hybridized carbons (Fsp3) is 0.0909. The van der Waals surface area contributed by atoms with Crippen LogP contribution in [0, 0.1) is 6.92 Å². The topological polar surface area (TPSA) is 42.0 Å². The Labute approximate surface area is 116 Å². The van der Waals surface area contributed by atoms with E-state index in [1.54, 1.807) is 18.3 Å². The lowest BCUT2D eigenvalue weighted by Gasteiger charge is -2.05. The number of thiophene rings is 1. The Kier molecular flexibility index (Phi) is 3.81. The van der Waals surface area contributed by atoms with Gasteiger partial charge in [0.15, 0.2) is 0 Å². The van der Waals surface area contributed by atoms with Gasteiger partial charge in [-0.1, -0.05) is 11.6 Å². The number of hydrogen-bond donors (Lipinski definition) is 1. The molecule has 6 heteroatoms. The molecule has 0 aliphatic heterocycles. The van der Waals surface area contributed by atoms with Crippen LogP contribution < -0.4 is 5.32 Å². The summed E-state index contributed by atoms with van der Waals surface area (Å²) in [5, 5.41) is 5.12. The second kappa shape index (κ2) is 5.16. The van der Waals surface area contributed by atoms with Crippen molar-refractivity contribution in [3.8, 4) is 0 Å². The van der Waals surface area contributed by atoms with Gasteiger partial charge >= 0.3 is 0 Å². The van der Waals surface area contributed by atoms with Crippen molar-refractivity contribution in [1.29, 1.82) is 0 Å². The number of hydrogen-bond acceptors (Lipinski definition) is 3. The van der Waals surface area contributed by atoms with Crippen molar-refractivity contribution < 1.29 is 4.79 Å². The molecule has 17 heavy (non-hydrogen) atoms. The zero-order chi connectivity index (χ0) is 12.4. The van der Waals surface area contributed by atoms with Gasteiger partial charge in [0.25, 0.3) is 5.91 Å². The Hall–Kier alpha value is -0.910. The number of rotatable bonds is 2. The van der Waals surface area contributed by atoms with Crippen LogP contribution in [0.2, 0.25) is 5.02 Å². The molecule has 0 aromatic carbocycles. The van der Waals surface area contributed by atoms with Gasteiger partial charge in [0.1, 0.15) is 9.48 Å². The minimum absolute atomic E-state index is 0.221. The van der Waals surface area contributed by atoms with Crippen LogP contribution in [-0.2, 0) is 0 Å². The fourth-order valence-electron chi connectivity index (χ4n) is 1.24. The highest BCUT2D eigenvalue weighted by Crippen LogP contribution is 2.28. The third kappa shape index (κ3) is 2.68. The lowest BCUT2D eigenvalue weighted by atomic mass is 10.3. The molecule has 2 aromatic heterocycles. The highest BCUT2D eigenvalue weighted by molar-refractivity contribution is 9.10. The van der Waals surface area contributed by atoms with Crippen LogP contribution in [0.3, 0.4) is 0 Å². The monoisotopic (exact) mass is 330 g/mol. The SMILES string of the molecule is Cc1csc(C(=O)Nc2cccnc2Br)c1Cl. The number of nitrogens with one attached hydrogen (secondary N) is 1. The van der Waals surface area contributed by atoms with E-state index in [0.717, 1.165) is 5.56 Å². The van der Waals surface area contributed by atoms with E-state index in [4.69, 9.17) is 11.6 Å². The maximum absolute atomic E-state index is 12.0. The largest absolute Gasteiger partial charge is 0.319 e. The summed E-state index contributed by atoms with van der Waals surface area (Å²) in [6, 6.07) is 3.52. The average molecular weight is 332 g/mol. The third-order valence-corrected chi connectivity index (χ3v) is 4.44. The predicted molar refractivity (Wildman–Crippen MR) is 74.0 cm³/mol. The van der Waals surface area contributed by atoms with Crippen molar-refractivity contribution in [3.05, 3.63) is 43.8 Å². The van der Waals surface area contributed by atoms with Crippen molar-refractivity contribution in [3.63, 3.8) is 0 Å². The summed E-state index contributed by atoms with van der Waals surface area (Å²) < 4.78 is 0.595. The van der Waals surface area contributed by atoms with Crippen LogP contribution in [0.15, 0.2) is 28.3 Å². The van der Waals surface area contributed by atoms with E-state index in [9.17, 15) is 4.79 Å². The van der Waals surface area contributed by atoms with Crippen molar-refractivity contribution in [1.82, 2.24) is 4.98 Å². The highest BCUT2D eigenvalue weighted by atomic mass is 79.9. The Balaban J connectivity index is 2.23. The average Bonchev–Trinajstić information content (AvgIpc) is 2.63. The summed E-state index contributed by atoms with van der Waals surface area (Å²) in [6.45, 7) is 1.87. The Morgan fingerprint density at radius 2 is 2.35 bits per heavy atom. The lowest BCUT2D eigenvalue weighted by Crippen LogP contribution is -2.11. The van der Waals surface area contributed by atoms with E-state index >= 15 is 0 Å². The summed E-state index contributed by atoms with van der Waals surface area (Å²) >= 11 is 10.6. The standard InChI is InChI=1S/C11H8BrClN2OS/c1-6-5-17-9(8(6)13)11(16)15-7-3-2-4-14-10(7)12/h2-5H,1H3,(H,15,16). The molecule has 0 fully saturated rings. The molecule has 0 unspecified atom stereocenters. The van der Waals surface area contributed by atoms with Crippen LogP contribution in [0.5, 0.6) is 0 Å². The smallest absolute Gasteiger partial charge is 0.267 e. The molecule has 1 N–H and O–H groups in total. The van der Waals surface area contributed by atoms with E-state index in [-0.39, 0.29) is 5.91 Å². The van der Waals surface area contributed by atoms with Crippen LogP contribution in [0.1, 0.15) is 15.2 Å². The molecule has 0 atom stereocenters. The predicted octanol–water partition coefficient (Wildman–Crippen LogP) is 4.12. The van der Waals surface area contributed by atoms with Crippen molar-refractivity contribution >= 4 is 50.5 Å². The fourth-order valence-corrected chi connectivity index (χ4v) is 2.76. The van der Waals surface area contributed by atoms with Crippen molar-refractivity contribution in [2.45, 2.75) is 6.92 Å². The number of pyridine rings is 1. The Bertz CT molecular complexity index is 570. The van der Waals surface area contributed by atoms with Crippen molar-refractivity contribution in [2.75, 3.05) is 5.32 Å². The van der Waals surface area contributed by atoms with Gasteiger partial charge in [0, 0.05) is 6.20 Å². The molecule has 0 bridgehead atoms. The molecule has 88 valence electrons. The first-order valence-electron chi connectivity index (χ1n) is 4.75. The van der Waals surface area contributed by atoms with Gasteiger partial charge in [-0.3, -0.25) is 4.79 Å². The first-order chi connectivity index (χ1) is 8.09. The minimum atomic E-state index is -0.221. The number of carbonyl (C=O) groups excluding carboxylic acids is 1. The zero-order valence-corrected chi connectivity index (χ0v) is 12.0. The highest BCUT2D eigenvalue weighted by Gasteiger charge is 2.15. The molecule has 2 heterocycles. The zero-order valence-electron chi connectivity index (χ0n) is 8.83. The van der Waals surface area contributed by atoms with E-state index < -0.39 is 0 Å². The quantitative estimate of drug-likeness (QED) is 0.841. The molecule has 0 saturated heterocycles. The summed E-state index contributed by atoms with van der Waals surface area (Å²) in [5.41, 5.74) is 1.53. The first-order valence-corrected chi connectivity index (χ1v) is 6.80. The van der Waals surface area contributed by atoms with Crippen LogP contribution >= 0.6 is 38.9 Å². The van der Waals surface area contributed by atoms with E-state index in [1.165, 1.54) is 11.3 Å². The van der Waals surface area contributed by atoms with Gasteiger partial charge in [-0.25, -0.2) is 4.98 Å². The van der Waals surface area contributed by atoms with Gasteiger partial charge in [-0.15, -0.1) is 11.3 Å². The number of aryl methyl sites for hydroxylation is 1. The normalized spacial score (nSPS) is 10.3. The third-order valence-electron chi connectivity index (χ3n) is 2.11. The number of anilines is 1. The molecule has 1 amide bonds. The van der Waals surface area contributed by atoms with E-state index in [0.29, 0.717) is 20.2 Å². The van der Waals surface area contributed by atoms with Gasteiger partial charge in [0.05, 0.1) is 10.7 Å². The molecule has 3 nitrogen and oxygen atoms in total. The molecule has 0 aliphatic rings. The summed E-state index contributed by atoms with van der Waals surface area (Å²) in [4.78, 5) is 16.5. The number of nitrogens with zero attached hydrogens (tertiary/aromatic N) is 1. The summed E-state index contributed by atoms with van der Waals surface area (Å²) in [7, 11) is 0. The van der Waals surface area contributed by atoms with E-state index in [1.807, 2.05) is 12.3 Å². The molecule has 2 aromatic rings. The molecule has 0 saturated carbocycles. The van der Waals surface area contributed by atoms with Gasteiger partial charge in [-0.2, -0.15) is 0 Å². The second-order valence-electron chi connectivity index (χ2n) is 3.36. The van der Waals surface area contributed by atoms with E-state index in [2.05, 4.69) is 26.2 Å². The molecular formula is C11H8BrClN2OS. The summed E-state index contributed by atoms with van der Waals surface area (Å²) in [6.07, 6.45) is 1.64. The first kappa shape index (κ1) is 12.5. The lowest BCUT2D eigenvalue weighted by molar-refractivity contribution is 0.103. The second-order valence-corrected chi connectivity index (χ2v) is 5.37. The van der Waals surface area contributed by atoms with Gasteiger partial charge < -0.3 is 5.32 Å². The number of amides is 1. The molecule has 0 aliphatic carbocycles. The molecule has 0 spiro atoms. The van der Waals surface area contributed by atoms with Crippen LogP contribution in [0.25, 0.3) is 0 Å². The van der Waals surface area contributed by atoms with Gasteiger partial charge in [0.2, 0.25) is 0 Å². The van der Waals surface area contributed by atoms with Crippen molar-refractivity contribution in [2.24, 2.45) is 0 Å². The van der Waals surface area contributed by atoms with Crippen LogP contribution in [-0.4, -0.2) is 10.9 Å². The minimum Gasteiger partial charge on any atom is -0.319 e. The van der Waals surface area contributed by atoms with Crippen LogP contribution in [0.4, 0.5) is 5.69 Å².